The molecular weight excluding hydrogens is 852 g/mol. The van der Waals surface area contributed by atoms with Gasteiger partial charge in [-0.1, -0.05) is 12.1 Å². The van der Waals surface area contributed by atoms with Gasteiger partial charge in [-0.05, 0) is 68.3 Å². The zero-order chi connectivity index (χ0) is 46.3. The van der Waals surface area contributed by atoms with E-state index in [4.69, 9.17) is 37.6 Å². The standard InChI is InChI=1S/C43H48O21/c1-16-4-5-19(12-23(16)45)6-11-27(47)57-15-26-31(50)35(54)40(64-42-37(56)34(53)30(49)18(3)59-42)43(62-26)63-39-32(51)28-24(46)13-22(60-41-36(55)33(52)29(48)17(2)58-41)14-25(28)61-38(39)20-7-9-21(44)10-8-20/h4-14,17-18,26,29-31,33-37,40-46,48-50,52-56H,15H2,1-3H3/b11-6+/t17?,18?,26?,29-,30-,31+,33-,34-,35-,36?,37?,40?,41-,42-,43-/m0/s1. The fourth-order valence-corrected chi connectivity index (χ4v) is 7.27. The van der Waals surface area contributed by atoms with Crippen LogP contribution in [-0.4, -0.2) is 161 Å². The number of aliphatic hydroxyl groups is 8. The van der Waals surface area contributed by atoms with Crippen LogP contribution in [0.1, 0.15) is 25.0 Å². The van der Waals surface area contributed by atoms with Crippen molar-refractivity contribution in [1.82, 2.24) is 0 Å². The van der Waals surface area contributed by atoms with E-state index in [2.05, 4.69) is 0 Å². The van der Waals surface area contributed by atoms with Gasteiger partial charge in [-0.25, -0.2) is 4.79 Å². The van der Waals surface area contributed by atoms with Gasteiger partial charge in [0.25, 0.3) is 0 Å². The summed E-state index contributed by atoms with van der Waals surface area (Å²) in [7, 11) is 0. The lowest BCUT2D eigenvalue weighted by molar-refractivity contribution is -0.354. The van der Waals surface area contributed by atoms with Crippen LogP contribution in [0.15, 0.2) is 69.9 Å². The molecule has 6 unspecified atom stereocenters. The lowest BCUT2D eigenvalue weighted by Gasteiger charge is -2.45. The predicted octanol–water partition coefficient (Wildman–Crippen LogP) is -0.614. The van der Waals surface area contributed by atoms with Gasteiger partial charge in [0.05, 0.1) is 12.2 Å². The molecule has 21 nitrogen and oxygen atoms in total. The van der Waals surface area contributed by atoms with E-state index in [1.807, 2.05) is 0 Å². The highest BCUT2D eigenvalue weighted by Crippen LogP contribution is 2.39. The number of aromatic hydroxyl groups is 3. The first-order valence-electron chi connectivity index (χ1n) is 20.0. The highest BCUT2D eigenvalue weighted by Gasteiger charge is 2.52. The molecule has 3 aliphatic rings. The number of rotatable bonds is 11. The van der Waals surface area contributed by atoms with Crippen LogP contribution in [0.4, 0.5) is 0 Å². The van der Waals surface area contributed by atoms with Crippen LogP contribution in [0.2, 0.25) is 0 Å². The number of ether oxygens (including phenoxy) is 7. The van der Waals surface area contributed by atoms with E-state index in [-0.39, 0.29) is 34.2 Å². The van der Waals surface area contributed by atoms with Gasteiger partial charge in [0.1, 0.15) is 95.5 Å². The van der Waals surface area contributed by atoms with Gasteiger partial charge in [0.2, 0.25) is 23.8 Å². The molecule has 3 saturated heterocycles. The van der Waals surface area contributed by atoms with E-state index in [1.54, 1.807) is 19.1 Å². The minimum atomic E-state index is -2.04. The predicted molar refractivity (Wildman–Crippen MR) is 216 cm³/mol. The van der Waals surface area contributed by atoms with Gasteiger partial charge in [0.15, 0.2) is 18.2 Å². The zero-order valence-electron chi connectivity index (χ0n) is 34.2. The maximum absolute atomic E-state index is 14.5. The van der Waals surface area contributed by atoms with Crippen molar-refractivity contribution in [2.24, 2.45) is 0 Å². The third kappa shape index (κ3) is 9.52. The minimum Gasteiger partial charge on any atom is -0.508 e. The molecular formula is C43H48O21. The molecule has 15 atom stereocenters. The SMILES string of the molecule is Cc1ccc(/C=C/C(=O)OCC2O[C@@H](Oc3c(-c4ccc(O)cc4)oc4cc(O[C@@H]5OC(C)[C@H](O)[C@H](O)C5O)cc(O)c4c3=O)C(O[C@@H]3OC(C)[C@H](O)[C@H](O)C3O)[C@@H](O)[C@@H]2O)cc1O. The van der Waals surface area contributed by atoms with Crippen molar-refractivity contribution in [3.8, 4) is 40.1 Å². The molecule has 11 N–H and O–H groups in total. The second kappa shape index (κ2) is 19.0. The lowest BCUT2D eigenvalue weighted by atomic mass is 9.97. The third-order valence-corrected chi connectivity index (χ3v) is 11.1. The average molecular weight is 901 g/mol. The molecule has 0 aliphatic carbocycles. The van der Waals surface area contributed by atoms with Gasteiger partial charge in [-0.3, -0.25) is 4.79 Å². The van der Waals surface area contributed by atoms with Crippen LogP contribution in [0.3, 0.4) is 0 Å². The van der Waals surface area contributed by atoms with Gasteiger partial charge >= 0.3 is 5.97 Å². The maximum Gasteiger partial charge on any atom is 0.330 e. The number of aliphatic hydroxyl groups excluding tert-OH is 8. The summed E-state index contributed by atoms with van der Waals surface area (Å²) in [5.74, 6) is -3.20. The summed E-state index contributed by atoms with van der Waals surface area (Å²) in [4.78, 5) is 27.3. The van der Waals surface area contributed by atoms with E-state index in [1.165, 1.54) is 50.3 Å². The molecule has 3 aromatic carbocycles. The first-order valence-corrected chi connectivity index (χ1v) is 20.0. The smallest absolute Gasteiger partial charge is 0.330 e. The summed E-state index contributed by atoms with van der Waals surface area (Å²) >= 11 is 0. The molecule has 3 fully saturated rings. The van der Waals surface area contributed by atoms with Gasteiger partial charge in [0, 0.05) is 23.8 Å². The fourth-order valence-electron chi connectivity index (χ4n) is 7.27. The van der Waals surface area contributed by atoms with Crippen LogP contribution >= 0.6 is 0 Å². The monoisotopic (exact) mass is 900 g/mol. The van der Waals surface area contributed by atoms with Gasteiger partial charge in [-0.15, -0.1) is 0 Å². The number of esters is 1. The van der Waals surface area contributed by atoms with Crippen LogP contribution in [-0.2, 0) is 28.5 Å². The molecule has 0 spiro atoms. The van der Waals surface area contributed by atoms with E-state index in [9.17, 15) is 65.8 Å². The Kier molecular flexibility index (Phi) is 13.8. The van der Waals surface area contributed by atoms with E-state index in [0.717, 1.165) is 18.2 Å². The number of benzene rings is 3. The molecule has 21 heteroatoms. The number of carbonyl (C=O) groups excluding carboxylic acids is 1. The topological polar surface area (TPSA) is 334 Å². The van der Waals surface area contributed by atoms with Crippen molar-refractivity contribution in [2.75, 3.05) is 6.61 Å². The normalized spacial score (nSPS) is 33.3. The van der Waals surface area contributed by atoms with Crippen molar-refractivity contribution in [3.63, 3.8) is 0 Å². The van der Waals surface area contributed by atoms with Gasteiger partial charge < -0.3 is 93.7 Å². The van der Waals surface area contributed by atoms with Crippen LogP contribution in [0.5, 0.6) is 28.7 Å². The summed E-state index contributed by atoms with van der Waals surface area (Å²) in [6, 6.07) is 11.9. The zero-order valence-corrected chi connectivity index (χ0v) is 34.2. The molecule has 0 saturated carbocycles. The van der Waals surface area contributed by atoms with E-state index < -0.39 is 127 Å². The molecule has 4 heterocycles. The van der Waals surface area contributed by atoms with Crippen LogP contribution in [0.25, 0.3) is 28.4 Å². The molecule has 7 rings (SSSR count). The number of hydrogen-bond acceptors (Lipinski definition) is 21. The van der Waals surface area contributed by atoms with Crippen molar-refractivity contribution >= 4 is 23.0 Å². The molecule has 64 heavy (non-hydrogen) atoms. The number of hydrogen-bond donors (Lipinski definition) is 11. The highest BCUT2D eigenvalue weighted by atomic mass is 16.8. The first-order chi connectivity index (χ1) is 30.3. The maximum atomic E-state index is 14.5. The summed E-state index contributed by atoms with van der Waals surface area (Å²) in [6.45, 7) is 3.74. The minimum absolute atomic E-state index is 0.00994. The van der Waals surface area contributed by atoms with E-state index >= 15 is 0 Å². The molecule has 1 aromatic heterocycles. The summed E-state index contributed by atoms with van der Waals surface area (Å²) in [6.07, 6.45) is -22.7. The molecule has 0 amide bonds. The molecule has 0 radical (unpaired) electrons. The number of carbonyl (C=O) groups is 1. The average Bonchev–Trinajstić information content (AvgIpc) is 3.26. The summed E-state index contributed by atoms with van der Waals surface area (Å²) in [5, 5.41) is 116. The third-order valence-electron chi connectivity index (χ3n) is 11.1. The highest BCUT2D eigenvalue weighted by molar-refractivity contribution is 5.88. The Morgan fingerprint density at radius 2 is 1.33 bits per heavy atom. The molecule has 346 valence electrons. The number of fused-ring (bicyclic) bond motifs is 1. The number of phenols is 3. The largest absolute Gasteiger partial charge is 0.508 e. The fraction of sp³-hybridized carbons (Fsp3) is 0.442. The molecule has 0 bridgehead atoms. The lowest BCUT2D eigenvalue weighted by Crippen LogP contribution is -2.64. The summed E-state index contributed by atoms with van der Waals surface area (Å²) < 4.78 is 46.2. The molecule has 4 aromatic rings. The van der Waals surface area contributed by atoms with Crippen molar-refractivity contribution in [3.05, 3.63) is 82.0 Å². The van der Waals surface area contributed by atoms with Crippen LogP contribution < -0.4 is 14.9 Å². The second-order valence-electron chi connectivity index (χ2n) is 15.7. The summed E-state index contributed by atoms with van der Waals surface area (Å²) in [5.41, 5.74) is -0.264. The Bertz CT molecular complexity index is 2380. The van der Waals surface area contributed by atoms with E-state index in [0.29, 0.717) is 11.1 Å². The Labute approximate surface area is 362 Å². The first kappa shape index (κ1) is 46.6. The number of aryl methyl sites for hydroxylation is 1. The van der Waals surface area contributed by atoms with Crippen LogP contribution in [0, 0.1) is 6.92 Å². The Morgan fingerprint density at radius 3 is 1.98 bits per heavy atom. The number of phenolic OH excluding ortho intramolecular Hbond substituents is 3. The van der Waals surface area contributed by atoms with Crippen molar-refractivity contribution in [2.45, 2.75) is 113 Å². The quantitative estimate of drug-likeness (QED) is 0.0660. The van der Waals surface area contributed by atoms with Gasteiger partial charge in [-0.2, -0.15) is 0 Å². The molecule has 3 aliphatic heterocycles. The van der Waals surface area contributed by atoms with Crippen molar-refractivity contribution in [1.29, 1.82) is 0 Å². The Morgan fingerprint density at radius 1 is 0.688 bits per heavy atom. The Balaban J connectivity index is 1.24. The van der Waals surface area contributed by atoms with Crippen molar-refractivity contribution < 1.29 is 98.5 Å². The second-order valence-corrected chi connectivity index (χ2v) is 15.7. The Hall–Kier alpha value is -5.40.